The zero-order chi connectivity index (χ0) is 16.5. The minimum Gasteiger partial charge on any atom is -0.480 e. The Labute approximate surface area is 128 Å². The number of carbonyl (C=O) groups excluding carboxylic acids is 2. The largest absolute Gasteiger partial charge is 0.480 e. The molecule has 0 fully saturated rings. The Morgan fingerprint density at radius 2 is 1.68 bits per heavy atom. The van der Waals surface area contributed by atoms with Gasteiger partial charge in [-0.3, -0.25) is 14.5 Å². The van der Waals surface area contributed by atoms with Crippen LogP contribution in [0.4, 0.5) is 0 Å². The van der Waals surface area contributed by atoms with Gasteiger partial charge in [0.2, 0.25) is 0 Å². The first-order valence-electron chi connectivity index (χ1n) is 7.14. The van der Waals surface area contributed by atoms with E-state index in [-0.39, 0.29) is 17.5 Å². The first kappa shape index (κ1) is 16.2. The van der Waals surface area contributed by atoms with Crippen molar-refractivity contribution < 1.29 is 24.6 Å². The number of amides is 2. The fraction of sp³-hybridized carbons (Fsp3) is 0.438. The van der Waals surface area contributed by atoms with E-state index >= 15 is 0 Å². The third-order valence-corrected chi connectivity index (χ3v) is 3.69. The van der Waals surface area contributed by atoms with Crippen LogP contribution in [0.3, 0.4) is 0 Å². The number of aliphatic hydroxyl groups is 1. The summed E-state index contributed by atoms with van der Waals surface area (Å²) in [5, 5.41) is 19.1. The second kappa shape index (κ2) is 5.88. The highest BCUT2D eigenvalue weighted by Gasteiger charge is 2.42. The van der Waals surface area contributed by atoms with Crippen molar-refractivity contribution in [3.05, 3.63) is 35.4 Å². The molecule has 1 aromatic carbocycles. The van der Waals surface area contributed by atoms with Gasteiger partial charge < -0.3 is 10.2 Å². The molecule has 1 heterocycles. The molecular formula is C16H19NO5. The van der Waals surface area contributed by atoms with Crippen LogP contribution in [0.15, 0.2) is 24.3 Å². The van der Waals surface area contributed by atoms with Gasteiger partial charge in [-0.25, -0.2) is 4.79 Å². The van der Waals surface area contributed by atoms with Gasteiger partial charge in [0, 0.05) is 0 Å². The summed E-state index contributed by atoms with van der Waals surface area (Å²) in [5.74, 6) is -2.36. The van der Waals surface area contributed by atoms with Crippen molar-refractivity contribution in [2.24, 2.45) is 0 Å². The average Bonchev–Trinajstić information content (AvgIpc) is 2.67. The molecule has 1 atom stereocenters. The van der Waals surface area contributed by atoms with E-state index in [0.717, 1.165) is 4.90 Å². The molecule has 1 aromatic rings. The summed E-state index contributed by atoms with van der Waals surface area (Å²) >= 11 is 0. The fourth-order valence-electron chi connectivity index (χ4n) is 2.58. The fourth-order valence-corrected chi connectivity index (χ4v) is 2.58. The average molecular weight is 305 g/mol. The lowest BCUT2D eigenvalue weighted by atomic mass is 9.98. The maximum Gasteiger partial charge on any atom is 0.326 e. The number of fused-ring (bicyclic) bond motifs is 1. The minimum atomic E-state index is -1.22. The van der Waals surface area contributed by atoms with Crippen molar-refractivity contribution in [3.8, 4) is 0 Å². The van der Waals surface area contributed by atoms with Gasteiger partial charge in [0.05, 0.1) is 16.7 Å². The minimum absolute atomic E-state index is 0.116. The van der Waals surface area contributed by atoms with Crippen LogP contribution in [0.5, 0.6) is 0 Å². The normalized spacial score (nSPS) is 15.9. The zero-order valence-electron chi connectivity index (χ0n) is 12.6. The Bertz CT molecular complexity index is 582. The van der Waals surface area contributed by atoms with Crippen LogP contribution in [-0.2, 0) is 4.79 Å². The molecule has 1 unspecified atom stereocenters. The highest BCUT2D eigenvalue weighted by Crippen LogP contribution is 2.27. The van der Waals surface area contributed by atoms with Gasteiger partial charge in [-0.2, -0.15) is 0 Å². The third kappa shape index (κ3) is 3.17. The number of hydrogen-bond donors (Lipinski definition) is 2. The molecule has 2 rings (SSSR count). The lowest BCUT2D eigenvalue weighted by molar-refractivity contribution is -0.142. The first-order valence-corrected chi connectivity index (χ1v) is 7.14. The van der Waals surface area contributed by atoms with Gasteiger partial charge in [0.15, 0.2) is 0 Å². The van der Waals surface area contributed by atoms with Crippen LogP contribution in [0.1, 0.15) is 53.8 Å². The van der Waals surface area contributed by atoms with Crippen molar-refractivity contribution in [1.82, 2.24) is 4.90 Å². The van der Waals surface area contributed by atoms with E-state index in [1.165, 1.54) is 12.1 Å². The van der Waals surface area contributed by atoms with Crippen LogP contribution >= 0.6 is 0 Å². The highest BCUT2D eigenvalue weighted by molar-refractivity contribution is 6.22. The number of imide groups is 1. The number of carboxylic acids is 1. The smallest absolute Gasteiger partial charge is 0.326 e. The molecule has 2 amide bonds. The van der Waals surface area contributed by atoms with Crippen molar-refractivity contribution >= 4 is 17.8 Å². The number of aliphatic carboxylic acids is 1. The summed E-state index contributed by atoms with van der Waals surface area (Å²) in [6.07, 6.45) is 0.901. The molecule has 0 aliphatic carbocycles. The number of nitrogens with zero attached hydrogens (tertiary/aromatic N) is 1. The predicted molar refractivity (Wildman–Crippen MR) is 78.5 cm³/mol. The number of rotatable bonds is 6. The van der Waals surface area contributed by atoms with Crippen molar-refractivity contribution in [2.75, 3.05) is 0 Å². The van der Waals surface area contributed by atoms with E-state index in [9.17, 15) is 24.6 Å². The Hall–Kier alpha value is -2.21. The Balaban J connectivity index is 2.19. The van der Waals surface area contributed by atoms with Crippen molar-refractivity contribution in [2.45, 2.75) is 44.8 Å². The molecular weight excluding hydrogens is 286 g/mol. The molecule has 6 nitrogen and oxygen atoms in total. The van der Waals surface area contributed by atoms with Gasteiger partial charge in [-0.15, -0.1) is 0 Å². The predicted octanol–water partition coefficient (Wildman–Crippen LogP) is 1.68. The summed E-state index contributed by atoms with van der Waals surface area (Å²) in [7, 11) is 0. The summed E-state index contributed by atoms with van der Waals surface area (Å²) in [6, 6.07) is 5.10. The molecule has 0 saturated carbocycles. The van der Waals surface area contributed by atoms with Crippen molar-refractivity contribution in [1.29, 1.82) is 0 Å². The van der Waals surface area contributed by atoms with Crippen LogP contribution in [0, 0.1) is 0 Å². The first-order chi connectivity index (χ1) is 10.2. The molecule has 118 valence electrons. The summed E-state index contributed by atoms with van der Waals surface area (Å²) < 4.78 is 0. The Kier molecular flexibility index (Phi) is 4.32. The third-order valence-electron chi connectivity index (χ3n) is 3.69. The Morgan fingerprint density at radius 1 is 1.18 bits per heavy atom. The molecule has 2 N–H and O–H groups in total. The SMILES string of the molecule is CC(C)(O)CCCC(C(=O)O)N1C(=O)c2ccccc2C1=O. The molecule has 22 heavy (non-hydrogen) atoms. The number of hydrogen-bond acceptors (Lipinski definition) is 4. The molecule has 6 heteroatoms. The van der Waals surface area contributed by atoms with E-state index in [0.29, 0.717) is 12.8 Å². The number of carboxylic acid groups (broad SMARTS) is 1. The number of benzene rings is 1. The van der Waals surface area contributed by atoms with Gasteiger partial charge in [-0.05, 0) is 45.2 Å². The standard InChI is InChI=1S/C16H19NO5/c1-16(2,22)9-5-8-12(15(20)21)17-13(18)10-6-3-4-7-11(10)14(17)19/h3-4,6-7,12,22H,5,8-9H2,1-2H3,(H,20,21). The van der Waals surface area contributed by atoms with E-state index in [1.807, 2.05) is 0 Å². The molecule has 0 radical (unpaired) electrons. The topological polar surface area (TPSA) is 94.9 Å². The monoisotopic (exact) mass is 305 g/mol. The lowest BCUT2D eigenvalue weighted by Gasteiger charge is -2.24. The summed E-state index contributed by atoms with van der Waals surface area (Å²) in [5.41, 5.74) is -0.437. The summed E-state index contributed by atoms with van der Waals surface area (Å²) in [6.45, 7) is 3.26. The van der Waals surface area contributed by atoms with Crippen LogP contribution in [0.25, 0.3) is 0 Å². The van der Waals surface area contributed by atoms with Crippen LogP contribution in [-0.4, -0.2) is 44.5 Å². The van der Waals surface area contributed by atoms with Gasteiger partial charge >= 0.3 is 5.97 Å². The summed E-state index contributed by atoms with van der Waals surface area (Å²) in [4.78, 5) is 36.9. The maximum absolute atomic E-state index is 12.3. The van der Waals surface area contributed by atoms with E-state index in [1.54, 1.807) is 26.0 Å². The van der Waals surface area contributed by atoms with Gasteiger partial charge in [-0.1, -0.05) is 12.1 Å². The van der Waals surface area contributed by atoms with Crippen LogP contribution in [0.2, 0.25) is 0 Å². The van der Waals surface area contributed by atoms with E-state index in [4.69, 9.17) is 0 Å². The molecule has 0 bridgehead atoms. The second-order valence-corrected chi connectivity index (χ2v) is 6.08. The van der Waals surface area contributed by atoms with Gasteiger partial charge in [0.25, 0.3) is 11.8 Å². The Morgan fingerprint density at radius 3 is 2.09 bits per heavy atom. The lowest BCUT2D eigenvalue weighted by Crippen LogP contribution is -2.45. The molecule has 1 aliphatic heterocycles. The van der Waals surface area contributed by atoms with E-state index in [2.05, 4.69) is 0 Å². The van der Waals surface area contributed by atoms with Gasteiger partial charge in [0.1, 0.15) is 6.04 Å². The second-order valence-electron chi connectivity index (χ2n) is 6.08. The quantitative estimate of drug-likeness (QED) is 0.780. The number of carbonyl (C=O) groups is 3. The zero-order valence-corrected chi connectivity index (χ0v) is 12.6. The highest BCUT2D eigenvalue weighted by atomic mass is 16.4. The molecule has 1 aliphatic rings. The van der Waals surface area contributed by atoms with Crippen molar-refractivity contribution in [3.63, 3.8) is 0 Å². The van der Waals surface area contributed by atoms with E-state index < -0.39 is 29.4 Å². The van der Waals surface area contributed by atoms with Crippen LogP contribution < -0.4 is 0 Å². The maximum atomic E-state index is 12.3. The molecule has 0 aromatic heterocycles. The molecule has 0 saturated heterocycles. The molecule has 0 spiro atoms.